The monoisotopic (exact) mass is 839 g/mol. The molecule has 1 aliphatic heterocycles. The number of benzene rings is 2. The van der Waals surface area contributed by atoms with Crippen molar-refractivity contribution in [1.29, 1.82) is 0 Å². The number of nitrogens with two attached hydrogens (primary N) is 1. The lowest BCUT2D eigenvalue weighted by Crippen LogP contribution is -2.54. The number of rotatable bonds is 22. The number of anilines is 1. The van der Waals surface area contributed by atoms with E-state index in [2.05, 4.69) is 21.3 Å². The summed E-state index contributed by atoms with van der Waals surface area (Å²) in [6, 6.07) is 8.16. The summed E-state index contributed by atoms with van der Waals surface area (Å²) in [5.41, 5.74) is 4.68. The van der Waals surface area contributed by atoms with E-state index in [1.54, 1.807) is 38.1 Å². The summed E-state index contributed by atoms with van der Waals surface area (Å²) in [7, 11) is 0. The van der Waals surface area contributed by atoms with Crippen molar-refractivity contribution in [2.24, 2.45) is 22.5 Å². The Morgan fingerprint density at radius 3 is 2.03 bits per heavy atom. The van der Waals surface area contributed by atoms with Crippen molar-refractivity contribution in [2.45, 2.75) is 73.1 Å². The Morgan fingerprint density at radius 2 is 1.45 bits per heavy atom. The Labute approximate surface area is 347 Å². The molecule has 60 heavy (non-hydrogen) atoms. The van der Waals surface area contributed by atoms with Gasteiger partial charge in [0.2, 0.25) is 11.8 Å². The number of ether oxygens (including phenoxy) is 4. The standard InChI is InChI=1S/C40H53N7O13/c1-25(2)33(45-37(53)59-24-40(5,6)23-57-22-39(3,4)21-46-31(48)17-18-32(46)49)35(51)44-30(8-7-19-42-36(41)52)34(50)43-27-11-9-26(10-12-27)20-58-38(54)60-29-15-13-28(14-16-29)47(55)56/h9-18,25,30,33H,7-8,19-24H2,1-6H3,(H,43,50)(H,44,51)(H,45,53)(H3,41,42,52)/t30-,33-/m0/s1. The molecule has 2 aromatic rings. The number of nitro benzene ring substituents is 1. The van der Waals surface area contributed by atoms with E-state index in [0.29, 0.717) is 11.3 Å². The summed E-state index contributed by atoms with van der Waals surface area (Å²) in [5, 5.41) is 21.2. The SMILES string of the molecule is CC(C)[C@H](NC(=O)OCC(C)(C)COCC(C)(C)CN1C(=O)C=CC1=O)C(=O)N[C@@H](CCCNC(N)=O)C(=O)Nc1ccc(COC(=O)Oc2ccc([N+](=O)[O-])cc2)cc1. The van der Waals surface area contributed by atoms with Crippen molar-refractivity contribution in [3.8, 4) is 5.75 Å². The van der Waals surface area contributed by atoms with Gasteiger partial charge >= 0.3 is 18.3 Å². The minimum Gasteiger partial charge on any atom is -0.449 e. The quantitative estimate of drug-likeness (QED) is 0.0281. The average Bonchev–Trinajstić information content (AvgIpc) is 3.48. The molecule has 0 unspecified atom stereocenters. The first-order chi connectivity index (χ1) is 28.1. The van der Waals surface area contributed by atoms with Gasteiger partial charge in [-0.1, -0.05) is 53.7 Å². The van der Waals surface area contributed by atoms with Crippen LogP contribution in [0.5, 0.6) is 5.75 Å². The van der Waals surface area contributed by atoms with Crippen LogP contribution in [0.25, 0.3) is 0 Å². The zero-order valence-corrected chi connectivity index (χ0v) is 34.4. The molecule has 2 atom stereocenters. The van der Waals surface area contributed by atoms with Gasteiger partial charge in [-0.15, -0.1) is 0 Å². The number of carbonyl (C=O) groups excluding carboxylic acids is 7. The summed E-state index contributed by atoms with van der Waals surface area (Å²) in [5.74, 6) is -2.38. The normalized spacial score (nSPS) is 13.6. The van der Waals surface area contributed by atoms with Crippen molar-refractivity contribution in [1.82, 2.24) is 20.9 Å². The van der Waals surface area contributed by atoms with Gasteiger partial charge in [0.1, 0.15) is 31.0 Å². The summed E-state index contributed by atoms with van der Waals surface area (Å²) in [6.07, 6.45) is 0.888. The summed E-state index contributed by atoms with van der Waals surface area (Å²) < 4.78 is 21.5. The van der Waals surface area contributed by atoms with Crippen LogP contribution in [0.3, 0.4) is 0 Å². The van der Waals surface area contributed by atoms with Crippen LogP contribution in [0.15, 0.2) is 60.7 Å². The molecule has 2 aromatic carbocycles. The van der Waals surface area contributed by atoms with Crippen LogP contribution in [0.1, 0.15) is 59.9 Å². The Hall–Kier alpha value is -6.57. The number of hydrogen-bond donors (Lipinski definition) is 5. The Kier molecular flexibility index (Phi) is 17.5. The fourth-order valence-corrected chi connectivity index (χ4v) is 5.54. The maximum atomic E-state index is 13.6. The van der Waals surface area contributed by atoms with Gasteiger partial charge in [0.05, 0.1) is 18.1 Å². The molecular formula is C40H53N7O13. The molecule has 0 saturated carbocycles. The molecule has 1 heterocycles. The number of primary amides is 1. The topological polar surface area (TPSA) is 277 Å². The highest BCUT2D eigenvalue weighted by Crippen LogP contribution is 2.23. The van der Waals surface area contributed by atoms with Gasteiger partial charge in [-0.25, -0.2) is 14.4 Å². The lowest BCUT2D eigenvalue weighted by atomic mass is 9.93. The number of alkyl carbamates (subject to hydrolysis) is 1. The molecule has 326 valence electrons. The van der Waals surface area contributed by atoms with Crippen molar-refractivity contribution in [2.75, 3.05) is 38.2 Å². The predicted octanol–water partition coefficient (Wildman–Crippen LogP) is 3.93. The van der Waals surface area contributed by atoms with Crippen LogP contribution < -0.4 is 31.7 Å². The zero-order valence-electron chi connectivity index (χ0n) is 34.4. The molecule has 20 heteroatoms. The van der Waals surface area contributed by atoms with Gasteiger partial charge in [0.25, 0.3) is 17.5 Å². The maximum Gasteiger partial charge on any atom is 0.514 e. The molecule has 0 radical (unpaired) electrons. The highest BCUT2D eigenvalue weighted by Gasteiger charge is 2.33. The molecule has 0 aliphatic carbocycles. The van der Waals surface area contributed by atoms with Crippen molar-refractivity contribution >= 4 is 53.3 Å². The smallest absolute Gasteiger partial charge is 0.449 e. The van der Waals surface area contributed by atoms with Crippen LogP contribution in [-0.4, -0.2) is 96.7 Å². The van der Waals surface area contributed by atoms with Crippen LogP contribution in [0, 0.1) is 26.9 Å². The second-order valence-electron chi connectivity index (χ2n) is 15.9. The second-order valence-corrected chi connectivity index (χ2v) is 15.9. The van der Waals surface area contributed by atoms with Crippen molar-refractivity contribution in [3.63, 3.8) is 0 Å². The largest absolute Gasteiger partial charge is 0.514 e. The number of amides is 7. The summed E-state index contributed by atoms with van der Waals surface area (Å²) in [4.78, 5) is 98.6. The van der Waals surface area contributed by atoms with E-state index in [1.165, 1.54) is 36.4 Å². The molecule has 7 amide bonds. The van der Waals surface area contributed by atoms with E-state index in [4.69, 9.17) is 24.7 Å². The van der Waals surface area contributed by atoms with Gasteiger partial charge in [-0.3, -0.25) is 34.2 Å². The predicted molar refractivity (Wildman–Crippen MR) is 215 cm³/mol. The first-order valence-electron chi connectivity index (χ1n) is 19.0. The number of carbonyl (C=O) groups is 7. The van der Waals surface area contributed by atoms with Crippen LogP contribution in [-0.2, 0) is 40.0 Å². The molecule has 0 bridgehead atoms. The lowest BCUT2D eigenvalue weighted by Gasteiger charge is -2.31. The zero-order chi connectivity index (χ0) is 44.6. The number of non-ortho nitro benzene ring substituents is 1. The minimum absolute atomic E-state index is 0.0536. The van der Waals surface area contributed by atoms with Gasteiger partial charge in [0.15, 0.2) is 0 Å². The first-order valence-corrected chi connectivity index (χ1v) is 19.0. The molecule has 0 aromatic heterocycles. The minimum atomic E-state index is -1.11. The van der Waals surface area contributed by atoms with Gasteiger partial charge < -0.3 is 45.9 Å². The first kappa shape index (κ1) is 47.8. The molecule has 0 fully saturated rings. The number of nitrogens with zero attached hydrogens (tertiary/aromatic N) is 2. The average molecular weight is 840 g/mol. The molecule has 0 spiro atoms. The third-order valence-electron chi connectivity index (χ3n) is 8.72. The molecule has 3 rings (SSSR count). The second kappa shape index (κ2) is 22.0. The summed E-state index contributed by atoms with van der Waals surface area (Å²) >= 11 is 0. The van der Waals surface area contributed by atoms with Crippen molar-refractivity contribution in [3.05, 3.63) is 76.4 Å². The maximum absolute atomic E-state index is 13.6. The van der Waals surface area contributed by atoms with Crippen LogP contribution >= 0.6 is 0 Å². The van der Waals surface area contributed by atoms with E-state index in [1.807, 2.05) is 27.7 Å². The fourth-order valence-electron chi connectivity index (χ4n) is 5.54. The van der Waals surface area contributed by atoms with E-state index in [0.717, 1.165) is 4.90 Å². The molecule has 1 aliphatic rings. The van der Waals surface area contributed by atoms with Crippen LogP contribution in [0.2, 0.25) is 0 Å². The number of nitrogens with one attached hydrogen (secondary N) is 4. The number of urea groups is 1. The van der Waals surface area contributed by atoms with Gasteiger partial charge in [-0.05, 0) is 48.6 Å². The highest BCUT2D eigenvalue weighted by molar-refractivity contribution is 6.12. The van der Waals surface area contributed by atoms with E-state index < -0.39 is 63.8 Å². The Bertz CT molecular complexity index is 1880. The number of imide groups is 1. The third kappa shape index (κ3) is 16.4. The van der Waals surface area contributed by atoms with Gasteiger partial charge in [-0.2, -0.15) is 0 Å². The number of hydrogen-bond acceptors (Lipinski definition) is 13. The lowest BCUT2D eigenvalue weighted by molar-refractivity contribution is -0.384. The molecule has 6 N–H and O–H groups in total. The number of nitro groups is 1. The van der Waals surface area contributed by atoms with Crippen LogP contribution in [0.4, 0.5) is 25.8 Å². The third-order valence-corrected chi connectivity index (χ3v) is 8.72. The molecule has 0 saturated heterocycles. The highest BCUT2D eigenvalue weighted by atomic mass is 16.7. The Balaban J connectivity index is 1.53. The molecular weight excluding hydrogens is 786 g/mol. The van der Waals surface area contributed by atoms with Gasteiger partial charge in [0, 0.05) is 53.9 Å². The van der Waals surface area contributed by atoms with E-state index in [-0.39, 0.29) is 75.6 Å². The van der Waals surface area contributed by atoms with E-state index in [9.17, 15) is 43.7 Å². The van der Waals surface area contributed by atoms with Crippen molar-refractivity contribution < 1.29 is 57.4 Å². The summed E-state index contributed by atoms with van der Waals surface area (Å²) in [6.45, 7) is 11.2. The Morgan fingerprint density at radius 1 is 0.833 bits per heavy atom. The molecule has 20 nitrogen and oxygen atoms in total. The van der Waals surface area contributed by atoms with E-state index >= 15 is 0 Å². The fraction of sp³-hybridized carbons (Fsp3) is 0.475.